The molecule has 0 atom stereocenters. The van der Waals surface area contributed by atoms with E-state index in [1.807, 2.05) is 45.2 Å². The minimum atomic E-state index is -0.305. The number of halogens is 2. The number of rotatable bonds is 4. The van der Waals surface area contributed by atoms with Gasteiger partial charge in [0.2, 0.25) is 11.4 Å². The van der Waals surface area contributed by atoms with Crippen LogP contribution in [0, 0.1) is 25.5 Å². The number of nitrogens with zero attached hydrogens (tertiary/aromatic N) is 2. The molecule has 0 fully saturated rings. The number of hydrogen-bond acceptors (Lipinski definition) is 1. The highest BCUT2D eigenvalue weighted by molar-refractivity contribution is 5.80. The molecule has 0 unspecified atom stereocenters. The molecule has 0 radical (unpaired) electrons. The van der Waals surface area contributed by atoms with E-state index in [0.29, 0.717) is 5.69 Å². The van der Waals surface area contributed by atoms with E-state index in [4.69, 9.17) is 4.98 Å². The van der Waals surface area contributed by atoms with Gasteiger partial charge in [0.05, 0.1) is 5.56 Å². The Bertz CT molecular complexity index is 1520. The van der Waals surface area contributed by atoms with Gasteiger partial charge in [0.25, 0.3) is 0 Å². The first kappa shape index (κ1) is 22.6. The first-order valence-electron chi connectivity index (χ1n) is 11.5. The summed E-state index contributed by atoms with van der Waals surface area (Å²) in [6.07, 6.45) is 0. The second-order valence-corrected chi connectivity index (χ2v) is 8.72. The SMILES string of the molecule is Cc1cc(F)ccc1-c1c(-c2ccc(F)cc2)nc(-c2cccc(-c3ccccc3)c2)c(C)[n+]1C. The van der Waals surface area contributed by atoms with Crippen LogP contribution in [0.15, 0.2) is 97.1 Å². The zero-order valence-electron chi connectivity index (χ0n) is 19.9. The first-order chi connectivity index (χ1) is 16.9. The van der Waals surface area contributed by atoms with Gasteiger partial charge in [-0.3, -0.25) is 0 Å². The molecule has 0 aliphatic carbocycles. The number of aromatic nitrogens is 2. The van der Waals surface area contributed by atoms with Crippen molar-refractivity contribution in [2.24, 2.45) is 7.05 Å². The molecule has 0 saturated heterocycles. The largest absolute Gasteiger partial charge is 0.239 e. The molecule has 35 heavy (non-hydrogen) atoms. The summed E-state index contributed by atoms with van der Waals surface area (Å²) < 4.78 is 29.8. The predicted octanol–water partition coefficient (Wildman–Crippen LogP) is 7.47. The van der Waals surface area contributed by atoms with Gasteiger partial charge in [-0.15, -0.1) is 0 Å². The molecule has 0 aliphatic heterocycles. The number of aryl methyl sites for hydroxylation is 1. The fraction of sp³-hybridized carbons (Fsp3) is 0.0968. The molecule has 1 aromatic heterocycles. The summed E-state index contributed by atoms with van der Waals surface area (Å²) in [5, 5.41) is 0. The Balaban J connectivity index is 1.77. The molecular weight excluding hydrogens is 438 g/mol. The van der Waals surface area contributed by atoms with Crippen molar-refractivity contribution in [1.82, 2.24) is 4.98 Å². The molecule has 0 aliphatic rings. The van der Waals surface area contributed by atoms with Crippen LogP contribution in [-0.4, -0.2) is 4.98 Å². The fourth-order valence-electron chi connectivity index (χ4n) is 4.49. The molecule has 5 aromatic rings. The molecule has 4 aromatic carbocycles. The molecule has 0 N–H and O–H groups in total. The second kappa shape index (κ2) is 9.22. The van der Waals surface area contributed by atoms with Crippen LogP contribution in [0.2, 0.25) is 0 Å². The van der Waals surface area contributed by atoms with E-state index in [2.05, 4.69) is 34.9 Å². The van der Waals surface area contributed by atoms with Gasteiger partial charge in [0.15, 0.2) is 0 Å². The molecular formula is C31H25F2N2+. The summed E-state index contributed by atoms with van der Waals surface area (Å²) in [5.74, 6) is -0.586. The van der Waals surface area contributed by atoms with E-state index in [-0.39, 0.29) is 11.6 Å². The van der Waals surface area contributed by atoms with Gasteiger partial charge in [-0.2, -0.15) is 4.57 Å². The Kier molecular flexibility index (Phi) is 5.96. The molecule has 172 valence electrons. The zero-order chi connectivity index (χ0) is 24.5. The molecule has 0 saturated carbocycles. The quantitative estimate of drug-likeness (QED) is 0.253. The Morgan fingerprint density at radius 2 is 1.26 bits per heavy atom. The second-order valence-electron chi connectivity index (χ2n) is 8.72. The van der Waals surface area contributed by atoms with E-state index in [1.54, 1.807) is 18.2 Å². The molecule has 5 rings (SSSR count). The minimum absolute atomic E-state index is 0.281. The highest BCUT2D eigenvalue weighted by Crippen LogP contribution is 2.34. The molecule has 2 nitrogen and oxygen atoms in total. The van der Waals surface area contributed by atoms with Crippen LogP contribution >= 0.6 is 0 Å². The first-order valence-corrected chi connectivity index (χ1v) is 11.5. The van der Waals surface area contributed by atoms with Crippen molar-refractivity contribution in [1.29, 1.82) is 0 Å². The van der Waals surface area contributed by atoms with Crippen molar-refractivity contribution in [3.8, 4) is 44.9 Å². The van der Waals surface area contributed by atoms with Crippen molar-refractivity contribution in [3.05, 3.63) is 120 Å². The maximum Gasteiger partial charge on any atom is 0.239 e. The molecule has 0 amide bonds. The van der Waals surface area contributed by atoms with E-state index < -0.39 is 0 Å². The number of benzene rings is 4. The van der Waals surface area contributed by atoms with Gasteiger partial charge < -0.3 is 0 Å². The van der Waals surface area contributed by atoms with Crippen LogP contribution in [0.3, 0.4) is 0 Å². The van der Waals surface area contributed by atoms with Gasteiger partial charge in [-0.05, 0) is 72.1 Å². The van der Waals surface area contributed by atoms with Gasteiger partial charge >= 0.3 is 0 Å². The standard InChI is InChI=1S/C31H25F2N2/c1-20-18-27(33)16-17-28(20)31-30(23-12-14-26(32)15-13-23)34-29(21(2)35(31)3)25-11-7-10-24(19-25)22-8-5-4-6-9-22/h4-19H,1-3H3/q+1. The van der Waals surface area contributed by atoms with Crippen molar-refractivity contribution in [3.63, 3.8) is 0 Å². The van der Waals surface area contributed by atoms with Crippen LogP contribution in [-0.2, 0) is 7.05 Å². The Morgan fingerprint density at radius 3 is 1.97 bits per heavy atom. The molecule has 0 bridgehead atoms. The average Bonchev–Trinajstić information content (AvgIpc) is 2.87. The molecule has 0 spiro atoms. The van der Waals surface area contributed by atoms with Crippen LogP contribution < -0.4 is 4.57 Å². The summed E-state index contributed by atoms with van der Waals surface area (Å²) in [4.78, 5) is 5.14. The predicted molar refractivity (Wildman–Crippen MR) is 137 cm³/mol. The monoisotopic (exact) mass is 463 g/mol. The van der Waals surface area contributed by atoms with Crippen molar-refractivity contribution in [2.75, 3.05) is 0 Å². The highest BCUT2D eigenvalue weighted by atomic mass is 19.1. The Labute approximate surface area is 204 Å². The normalized spacial score (nSPS) is 11.0. The summed E-state index contributed by atoms with van der Waals surface area (Å²) in [5.41, 5.74) is 9.10. The minimum Gasteiger partial charge on any atom is -0.234 e. The van der Waals surface area contributed by atoms with Crippen molar-refractivity contribution in [2.45, 2.75) is 13.8 Å². The third kappa shape index (κ3) is 4.35. The van der Waals surface area contributed by atoms with Crippen molar-refractivity contribution < 1.29 is 13.3 Å². The lowest BCUT2D eigenvalue weighted by molar-refractivity contribution is -0.666. The molecule has 1 heterocycles. The van der Waals surface area contributed by atoms with Gasteiger partial charge in [0.1, 0.15) is 30.1 Å². The van der Waals surface area contributed by atoms with Crippen LogP contribution in [0.1, 0.15) is 11.3 Å². The van der Waals surface area contributed by atoms with Crippen LogP contribution in [0.25, 0.3) is 44.9 Å². The van der Waals surface area contributed by atoms with Crippen molar-refractivity contribution >= 4 is 0 Å². The lowest BCUT2D eigenvalue weighted by Crippen LogP contribution is -2.37. The average molecular weight is 464 g/mol. The fourth-order valence-corrected chi connectivity index (χ4v) is 4.49. The third-order valence-electron chi connectivity index (χ3n) is 6.43. The van der Waals surface area contributed by atoms with Crippen LogP contribution in [0.5, 0.6) is 0 Å². The summed E-state index contributed by atoms with van der Waals surface area (Å²) >= 11 is 0. The maximum absolute atomic E-state index is 13.9. The smallest absolute Gasteiger partial charge is 0.234 e. The van der Waals surface area contributed by atoms with E-state index in [0.717, 1.165) is 50.5 Å². The third-order valence-corrected chi connectivity index (χ3v) is 6.43. The lowest BCUT2D eigenvalue weighted by Gasteiger charge is -2.15. The Hall–Kier alpha value is -4.18. The Morgan fingerprint density at radius 1 is 0.600 bits per heavy atom. The summed E-state index contributed by atoms with van der Waals surface area (Å²) in [6.45, 7) is 3.92. The van der Waals surface area contributed by atoms with Gasteiger partial charge in [-0.1, -0.05) is 48.5 Å². The van der Waals surface area contributed by atoms with E-state index in [9.17, 15) is 8.78 Å². The van der Waals surface area contributed by atoms with Gasteiger partial charge in [0, 0.05) is 18.1 Å². The lowest BCUT2D eigenvalue weighted by atomic mass is 9.97. The maximum atomic E-state index is 13.9. The number of hydrogen-bond donors (Lipinski definition) is 0. The summed E-state index contributed by atoms with van der Waals surface area (Å²) in [7, 11) is 1.99. The highest BCUT2D eigenvalue weighted by Gasteiger charge is 2.27. The topological polar surface area (TPSA) is 16.8 Å². The van der Waals surface area contributed by atoms with Gasteiger partial charge in [-0.25, -0.2) is 13.8 Å². The van der Waals surface area contributed by atoms with E-state index in [1.165, 1.54) is 24.3 Å². The molecule has 4 heteroatoms. The van der Waals surface area contributed by atoms with Crippen LogP contribution in [0.4, 0.5) is 8.78 Å². The van der Waals surface area contributed by atoms with E-state index >= 15 is 0 Å². The summed E-state index contributed by atoms with van der Waals surface area (Å²) in [6, 6.07) is 29.7. The zero-order valence-corrected chi connectivity index (χ0v) is 19.9.